The number of nitrogens with zero attached hydrogens (tertiary/aromatic N) is 4. The fraction of sp³-hybridized carbons (Fsp3) is 0.478. The summed E-state index contributed by atoms with van der Waals surface area (Å²) in [6, 6.07) is 3.15. The summed E-state index contributed by atoms with van der Waals surface area (Å²) in [4.78, 5) is 31.2. The fourth-order valence-electron chi connectivity index (χ4n) is 4.17. The van der Waals surface area contributed by atoms with Crippen molar-refractivity contribution in [1.29, 1.82) is 0 Å². The Hall–Kier alpha value is -3.59. The van der Waals surface area contributed by atoms with Crippen molar-refractivity contribution in [2.75, 3.05) is 26.3 Å². The predicted molar refractivity (Wildman–Crippen MR) is 122 cm³/mol. The number of carbonyl (C=O) groups is 1. The number of carboxylic acids is 1. The molecule has 1 atom stereocenters. The number of halogens is 5. The van der Waals surface area contributed by atoms with Gasteiger partial charge in [-0.15, -0.1) is 0 Å². The molecule has 0 spiro atoms. The molecule has 1 unspecified atom stereocenters. The van der Waals surface area contributed by atoms with Crippen LogP contribution < -0.4 is 10.3 Å². The first-order chi connectivity index (χ1) is 17.9. The van der Waals surface area contributed by atoms with Gasteiger partial charge in [0.2, 0.25) is 0 Å². The molecule has 0 bridgehead atoms. The number of ether oxygens (including phenoxy) is 2. The Kier molecular flexibility index (Phi) is 7.97. The first-order valence-corrected chi connectivity index (χ1v) is 11.6. The number of fused-ring (bicyclic) bond motifs is 1. The third-order valence-electron chi connectivity index (χ3n) is 6.22. The van der Waals surface area contributed by atoms with E-state index in [0.717, 1.165) is 18.9 Å². The lowest BCUT2D eigenvalue weighted by atomic mass is 10.1. The van der Waals surface area contributed by atoms with Gasteiger partial charge in [0, 0.05) is 44.5 Å². The molecule has 2 aromatic heterocycles. The van der Waals surface area contributed by atoms with Crippen molar-refractivity contribution in [3.8, 4) is 5.75 Å². The third-order valence-corrected chi connectivity index (χ3v) is 6.22. The van der Waals surface area contributed by atoms with Gasteiger partial charge in [0.1, 0.15) is 34.7 Å². The van der Waals surface area contributed by atoms with Gasteiger partial charge in [-0.3, -0.25) is 9.69 Å². The smallest absolute Gasteiger partial charge is 0.488 e. The second-order valence-electron chi connectivity index (χ2n) is 8.90. The van der Waals surface area contributed by atoms with Gasteiger partial charge in [-0.05, 0) is 19.8 Å². The number of aliphatic carboxylic acids is 1. The minimum atomic E-state index is -5.08. The number of benzene rings is 1. The van der Waals surface area contributed by atoms with Crippen molar-refractivity contribution in [3.05, 3.63) is 52.2 Å². The van der Waals surface area contributed by atoms with E-state index in [4.69, 9.17) is 24.4 Å². The number of alkyl halides is 3. The lowest BCUT2D eigenvalue weighted by Crippen LogP contribution is -2.54. The van der Waals surface area contributed by atoms with Crippen LogP contribution >= 0.6 is 0 Å². The van der Waals surface area contributed by atoms with E-state index in [0.29, 0.717) is 43.2 Å². The minimum absolute atomic E-state index is 0.153. The Labute approximate surface area is 212 Å². The number of hydrogen-bond acceptors (Lipinski definition) is 7. The highest BCUT2D eigenvalue weighted by Crippen LogP contribution is 2.28. The lowest BCUT2D eigenvalue weighted by Gasteiger charge is -2.42. The zero-order valence-corrected chi connectivity index (χ0v) is 20.0. The highest BCUT2D eigenvalue weighted by Gasteiger charge is 2.38. The zero-order valence-electron chi connectivity index (χ0n) is 20.0. The quantitative estimate of drug-likeness (QED) is 0.469. The Morgan fingerprint density at radius 1 is 1.18 bits per heavy atom. The highest BCUT2D eigenvalue weighted by molar-refractivity contribution is 5.73. The third kappa shape index (κ3) is 6.27. The molecule has 38 heavy (non-hydrogen) atoms. The average molecular weight is 545 g/mol. The molecule has 1 aromatic carbocycles. The molecular weight excluding hydrogens is 521 g/mol. The Balaban J connectivity index is 0.000000426. The van der Waals surface area contributed by atoms with E-state index in [-0.39, 0.29) is 29.5 Å². The number of H-pyrrole nitrogens is 1. The summed E-state index contributed by atoms with van der Waals surface area (Å²) in [5.41, 5.74) is 0.370. The van der Waals surface area contributed by atoms with Crippen LogP contribution in [0, 0.1) is 11.6 Å². The Morgan fingerprint density at radius 2 is 1.79 bits per heavy atom. The van der Waals surface area contributed by atoms with E-state index in [1.807, 2.05) is 11.6 Å². The van der Waals surface area contributed by atoms with Gasteiger partial charge in [-0.1, -0.05) is 0 Å². The Bertz CT molecular complexity index is 1330. The minimum Gasteiger partial charge on any atom is -0.488 e. The van der Waals surface area contributed by atoms with Crippen molar-refractivity contribution in [2.45, 2.75) is 44.1 Å². The zero-order chi connectivity index (χ0) is 27.6. The van der Waals surface area contributed by atoms with Gasteiger partial charge < -0.3 is 19.6 Å². The van der Waals surface area contributed by atoms with Crippen molar-refractivity contribution in [2.24, 2.45) is 0 Å². The van der Waals surface area contributed by atoms with Crippen molar-refractivity contribution < 1.29 is 41.3 Å². The SMILES string of the molecule is CC(c1nc2c(cnn2C2CCOCC2)c(=O)[nH]1)N1CC(Oc2cc(F)cc(F)c2)C1.O=C(O)C(F)(F)F. The summed E-state index contributed by atoms with van der Waals surface area (Å²) in [5.74, 6) is -3.37. The van der Waals surface area contributed by atoms with Crippen molar-refractivity contribution in [3.63, 3.8) is 0 Å². The van der Waals surface area contributed by atoms with Crippen LogP contribution in [0.15, 0.2) is 29.2 Å². The van der Waals surface area contributed by atoms with E-state index >= 15 is 0 Å². The molecule has 10 nitrogen and oxygen atoms in total. The summed E-state index contributed by atoms with van der Waals surface area (Å²) in [6.45, 7) is 4.41. The second kappa shape index (κ2) is 11.0. The summed E-state index contributed by atoms with van der Waals surface area (Å²) < 4.78 is 71.4. The molecule has 0 saturated carbocycles. The van der Waals surface area contributed by atoms with Gasteiger partial charge in [-0.2, -0.15) is 18.3 Å². The van der Waals surface area contributed by atoms with E-state index in [9.17, 15) is 26.7 Å². The molecule has 2 aliphatic heterocycles. The van der Waals surface area contributed by atoms with Crippen LogP contribution in [0.3, 0.4) is 0 Å². The molecule has 3 aromatic rings. The first kappa shape index (κ1) is 27.4. The maximum Gasteiger partial charge on any atom is 0.490 e. The Morgan fingerprint density at radius 3 is 2.37 bits per heavy atom. The number of aromatic amines is 1. The molecular formula is C23H24F5N5O5. The monoisotopic (exact) mass is 545 g/mol. The van der Waals surface area contributed by atoms with Crippen LogP contribution in [0.5, 0.6) is 5.75 Å². The van der Waals surface area contributed by atoms with E-state index in [1.165, 1.54) is 12.1 Å². The van der Waals surface area contributed by atoms with Crippen molar-refractivity contribution >= 4 is 17.0 Å². The number of carboxylic acid groups (broad SMARTS) is 1. The highest BCUT2D eigenvalue weighted by atomic mass is 19.4. The molecule has 2 fully saturated rings. The van der Waals surface area contributed by atoms with E-state index in [1.54, 1.807) is 6.20 Å². The van der Waals surface area contributed by atoms with Crippen LogP contribution in [-0.2, 0) is 9.53 Å². The maximum absolute atomic E-state index is 13.3. The van der Waals surface area contributed by atoms with E-state index < -0.39 is 23.8 Å². The molecule has 2 aliphatic rings. The number of likely N-dealkylation sites (tertiary alicyclic amines) is 1. The summed E-state index contributed by atoms with van der Waals surface area (Å²) in [7, 11) is 0. The summed E-state index contributed by atoms with van der Waals surface area (Å²) in [6.07, 6.45) is -2.03. The fourth-order valence-corrected chi connectivity index (χ4v) is 4.17. The lowest BCUT2D eigenvalue weighted by molar-refractivity contribution is -0.192. The van der Waals surface area contributed by atoms with Gasteiger partial charge in [-0.25, -0.2) is 23.2 Å². The molecule has 15 heteroatoms. The first-order valence-electron chi connectivity index (χ1n) is 11.6. The molecule has 0 aliphatic carbocycles. The van der Waals surface area contributed by atoms with Gasteiger partial charge in [0.15, 0.2) is 5.65 Å². The van der Waals surface area contributed by atoms with E-state index in [2.05, 4.69) is 15.0 Å². The summed E-state index contributed by atoms with van der Waals surface area (Å²) >= 11 is 0. The van der Waals surface area contributed by atoms with Crippen LogP contribution in [0.2, 0.25) is 0 Å². The van der Waals surface area contributed by atoms with Crippen LogP contribution in [0.1, 0.15) is 37.7 Å². The number of hydrogen-bond donors (Lipinski definition) is 2. The van der Waals surface area contributed by atoms with Crippen LogP contribution in [0.4, 0.5) is 22.0 Å². The van der Waals surface area contributed by atoms with Gasteiger partial charge in [0.25, 0.3) is 5.56 Å². The normalized spacial score (nSPS) is 17.9. The second-order valence-corrected chi connectivity index (χ2v) is 8.90. The standard InChI is InChI=1S/C21H23F2N5O3.C2HF3O2/c1-12(27-10-17(11-27)31-16-7-13(22)6-14(23)8-16)19-25-20-18(21(29)26-19)9-24-28(20)15-2-4-30-5-3-15;3-2(4,5)1(6)7/h6-9,12,15,17H,2-5,10-11H2,1H3,(H,25,26,29);(H,6,7). The molecule has 0 amide bonds. The molecule has 2 N–H and O–H groups in total. The number of aromatic nitrogens is 4. The summed E-state index contributed by atoms with van der Waals surface area (Å²) in [5, 5.41) is 12.0. The van der Waals surface area contributed by atoms with Crippen LogP contribution in [-0.4, -0.2) is 74.3 Å². The topological polar surface area (TPSA) is 123 Å². The average Bonchev–Trinajstić information content (AvgIpc) is 3.25. The number of nitrogens with one attached hydrogen (secondary N) is 1. The molecule has 2 saturated heterocycles. The predicted octanol–water partition coefficient (Wildman–Crippen LogP) is 3.21. The van der Waals surface area contributed by atoms with Gasteiger partial charge >= 0.3 is 12.1 Å². The molecule has 206 valence electrons. The molecule has 0 radical (unpaired) electrons. The molecule has 4 heterocycles. The van der Waals surface area contributed by atoms with Crippen molar-refractivity contribution in [1.82, 2.24) is 24.6 Å². The largest absolute Gasteiger partial charge is 0.490 e. The number of rotatable bonds is 5. The van der Waals surface area contributed by atoms with Crippen LogP contribution in [0.25, 0.3) is 11.0 Å². The van der Waals surface area contributed by atoms with Gasteiger partial charge in [0.05, 0.1) is 18.3 Å². The molecule has 5 rings (SSSR count). The maximum atomic E-state index is 13.3.